The van der Waals surface area contributed by atoms with Gasteiger partial charge in [0.15, 0.2) is 0 Å². The first-order valence-electron chi connectivity index (χ1n) is 8.66. The van der Waals surface area contributed by atoms with E-state index in [1.54, 1.807) is 6.21 Å². The van der Waals surface area contributed by atoms with Gasteiger partial charge in [-0.25, -0.2) is 0 Å². The van der Waals surface area contributed by atoms with Gasteiger partial charge in [0, 0.05) is 31.1 Å². The van der Waals surface area contributed by atoms with E-state index in [9.17, 15) is 0 Å². The number of benzene rings is 3. The van der Waals surface area contributed by atoms with E-state index in [0.717, 1.165) is 31.8 Å². The molecule has 29 heavy (non-hydrogen) atoms. The predicted octanol–water partition coefficient (Wildman–Crippen LogP) is 7.21. The van der Waals surface area contributed by atoms with Crippen molar-refractivity contribution in [1.82, 2.24) is 4.57 Å². The molecule has 0 aliphatic rings. The van der Waals surface area contributed by atoms with Crippen molar-refractivity contribution in [1.29, 1.82) is 0 Å². The number of aromatic nitrogens is 1. The Kier molecular flexibility index (Phi) is 6.31. The lowest BCUT2D eigenvalue weighted by atomic mass is 10.1. The maximum Gasteiger partial charge on any atom is 0.215 e. The normalized spacial score (nSPS) is 12.0. The molecule has 0 saturated heterocycles. The van der Waals surface area contributed by atoms with Gasteiger partial charge >= 0.3 is 0 Å². The van der Waals surface area contributed by atoms with Crippen LogP contribution in [0, 0.1) is 0 Å². The zero-order valence-electron chi connectivity index (χ0n) is 15.0. The van der Waals surface area contributed by atoms with Crippen LogP contribution in [0.1, 0.15) is 5.56 Å². The summed E-state index contributed by atoms with van der Waals surface area (Å²) in [5.74, 6) is 0. The minimum Gasteiger partial charge on any atom is -0.284 e. The smallest absolute Gasteiger partial charge is 0.215 e. The zero-order chi connectivity index (χ0) is 20.2. The molecule has 7 heteroatoms. The fourth-order valence-electron chi connectivity index (χ4n) is 2.79. The number of nitrogens with zero attached hydrogens (tertiary/aromatic N) is 3. The van der Waals surface area contributed by atoms with E-state index in [0.29, 0.717) is 10.0 Å². The molecule has 1 aromatic heterocycles. The Morgan fingerprint density at radius 2 is 1.72 bits per heavy atom. The van der Waals surface area contributed by atoms with E-state index in [2.05, 4.69) is 43.6 Å². The van der Waals surface area contributed by atoms with Crippen molar-refractivity contribution in [2.75, 3.05) is 0 Å². The van der Waals surface area contributed by atoms with Crippen LogP contribution < -0.4 is 4.80 Å². The first-order chi connectivity index (χ1) is 14.1. The van der Waals surface area contributed by atoms with Crippen LogP contribution in [0.3, 0.4) is 0 Å². The molecule has 4 rings (SSSR count). The molecule has 3 nitrogen and oxygen atoms in total. The van der Waals surface area contributed by atoms with Gasteiger partial charge in [-0.05, 0) is 42.0 Å². The van der Waals surface area contributed by atoms with Gasteiger partial charge in [0.25, 0.3) is 0 Å². The number of rotatable bonds is 4. The van der Waals surface area contributed by atoms with E-state index in [1.807, 2.05) is 65.2 Å². The molecule has 0 amide bonds. The van der Waals surface area contributed by atoms with E-state index in [1.165, 1.54) is 11.3 Å². The summed E-state index contributed by atoms with van der Waals surface area (Å²) in [6, 6.07) is 23.3. The Morgan fingerprint density at radius 1 is 0.931 bits per heavy atom. The molecule has 0 aliphatic heterocycles. The summed E-state index contributed by atoms with van der Waals surface area (Å²) in [5.41, 5.74) is 3.82. The molecule has 0 N–H and O–H groups in total. The van der Waals surface area contributed by atoms with Crippen LogP contribution in [0.4, 0.5) is 0 Å². The van der Waals surface area contributed by atoms with Crippen molar-refractivity contribution >= 4 is 56.7 Å². The Balaban J connectivity index is 1.84. The molecule has 0 aliphatic carbocycles. The van der Waals surface area contributed by atoms with Gasteiger partial charge < -0.3 is 0 Å². The molecule has 0 atom stereocenters. The summed E-state index contributed by atoms with van der Waals surface area (Å²) in [7, 11) is 0. The highest BCUT2D eigenvalue weighted by atomic mass is 79.9. The average Bonchev–Trinajstić information content (AvgIpc) is 3.14. The Bertz CT molecular complexity index is 1240. The third-order valence-corrected chi connectivity index (χ3v) is 6.08. The number of hydrogen-bond acceptors (Lipinski definition) is 3. The van der Waals surface area contributed by atoms with Crippen molar-refractivity contribution < 1.29 is 0 Å². The molecule has 0 unspecified atom stereocenters. The van der Waals surface area contributed by atoms with Crippen LogP contribution in [-0.4, -0.2) is 10.8 Å². The fraction of sp³-hybridized carbons (Fsp3) is 0. The SMILES string of the molecule is Clc1cccc(-n2c(-c3ccc(Br)cc3)csc2=NN=Cc2ccccc2Cl)c1. The lowest BCUT2D eigenvalue weighted by Crippen LogP contribution is -2.13. The second-order valence-corrected chi connectivity index (χ2v) is 8.69. The van der Waals surface area contributed by atoms with E-state index in [-0.39, 0.29) is 0 Å². The number of halogens is 3. The molecule has 0 spiro atoms. The van der Waals surface area contributed by atoms with Crippen LogP contribution in [0.2, 0.25) is 10.0 Å². The Morgan fingerprint density at radius 3 is 2.48 bits per heavy atom. The van der Waals surface area contributed by atoms with Crippen molar-refractivity contribution in [2.45, 2.75) is 0 Å². The Hall–Kier alpha value is -2.18. The summed E-state index contributed by atoms with van der Waals surface area (Å²) >= 11 is 17.4. The maximum atomic E-state index is 6.24. The fourth-order valence-corrected chi connectivity index (χ4v) is 4.28. The van der Waals surface area contributed by atoms with Crippen molar-refractivity contribution in [2.24, 2.45) is 10.2 Å². The van der Waals surface area contributed by atoms with Gasteiger partial charge in [-0.15, -0.1) is 16.4 Å². The van der Waals surface area contributed by atoms with Gasteiger partial charge in [-0.3, -0.25) is 4.57 Å². The summed E-state index contributed by atoms with van der Waals surface area (Å²) in [5, 5.41) is 12.1. The molecule has 144 valence electrons. The lowest BCUT2D eigenvalue weighted by molar-refractivity contribution is 0.973. The molecule has 0 bridgehead atoms. The van der Waals surface area contributed by atoms with E-state index in [4.69, 9.17) is 23.2 Å². The third-order valence-electron chi connectivity index (χ3n) is 4.16. The molecule has 3 aromatic carbocycles. The topological polar surface area (TPSA) is 29.6 Å². The second kappa shape index (κ2) is 9.09. The van der Waals surface area contributed by atoms with E-state index >= 15 is 0 Å². The molecule has 0 fully saturated rings. The molecule has 1 heterocycles. The van der Waals surface area contributed by atoms with Gasteiger partial charge in [0.1, 0.15) is 0 Å². The molecular formula is C22H14BrCl2N3S. The average molecular weight is 503 g/mol. The van der Waals surface area contributed by atoms with Gasteiger partial charge in [-0.1, -0.05) is 75.5 Å². The lowest BCUT2D eigenvalue weighted by Gasteiger charge is -2.09. The van der Waals surface area contributed by atoms with Crippen LogP contribution in [0.5, 0.6) is 0 Å². The monoisotopic (exact) mass is 501 g/mol. The van der Waals surface area contributed by atoms with Gasteiger partial charge in [0.05, 0.1) is 11.9 Å². The summed E-state index contributed by atoms with van der Waals surface area (Å²) < 4.78 is 3.07. The first kappa shape index (κ1) is 20.1. The molecule has 0 radical (unpaired) electrons. The second-order valence-electron chi connectivity index (χ2n) is 6.09. The number of thiazole rings is 1. The van der Waals surface area contributed by atoms with Crippen LogP contribution in [-0.2, 0) is 0 Å². The minimum atomic E-state index is 0.635. The highest BCUT2D eigenvalue weighted by Crippen LogP contribution is 2.26. The molecular weight excluding hydrogens is 489 g/mol. The highest BCUT2D eigenvalue weighted by molar-refractivity contribution is 9.10. The van der Waals surface area contributed by atoms with Crippen LogP contribution in [0.25, 0.3) is 16.9 Å². The van der Waals surface area contributed by atoms with Crippen molar-refractivity contribution in [3.63, 3.8) is 0 Å². The number of hydrogen-bond donors (Lipinski definition) is 0. The summed E-state index contributed by atoms with van der Waals surface area (Å²) in [6.07, 6.45) is 1.66. The van der Waals surface area contributed by atoms with Crippen LogP contribution in [0.15, 0.2) is 92.9 Å². The maximum absolute atomic E-state index is 6.24. The minimum absolute atomic E-state index is 0.635. The van der Waals surface area contributed by atoms with E-state index < -0.39 is 0 Å². The molecule has 4 aromatic rings. The van der Waals surface area contributed by atoms with Crippen LogP contribution >= 0.6 is 50.5 Å². The van der Waals surface area contributed by atoms with Gasteiger partial charge in [-0.2, -0.15) is 5.10 Å². The quantitative estimate of drug-likeness (QED) is 0.208. The van der Waals surface area contributed by atoms with Crippen molar-refractivity contribution in [3.8, 4) is 16.9 Å². The predicted molar refractivity (Wildman–Crippen MR) is 126 cm³/mol. The first-order valence-corrected chi connectivity index (χ1v) is 11.1. The highest BCUT2D eigenvalue weighted by Gasteiger charge is 2.10. The largest absolute Gasteiger partial charge is 0.284 e. The summed E-state index contributed by atoms with van der Waals surface area (Å²) in [6.45, 7) is 0. The standard InChI is InChI=1S/C22H14BrCl2N3S/c23-17-10-8-15(9-11-17)21-14-29-22(28(21)19-6-3-5-18(24)12-19)27-26-13-16-4-1-2-7-20(16)25/h1-14H. The Labute approximate surface area is 190 Å². The summed E-state index contributed by atoms with van der Waals surface area (Å²) in [4.78, 5) is 0.730. The third kappa shape index (κ3) is 4.70. The van der Waals surface area contributed by atoms with Gasteiger partial charge in [0.2, 0.25) is 4.80 Å². The molecule has 0 saturated carbocycles. The van der Waals surface area contributed by atoms with Crippen molar-refractivity contribution in [3.05, 3.63) is 103 Å². The zero-order valence-corrected chi connectivity index (χ0v) is 18.9.